The first kappa shape index (κ1) is 10.8. The highest BCUT2D eigenvalue weighted by Gasteiger charge is 1.99. The molecule has 0 amide bonds. The number of nitrogens with zero attached hydrogens (tertiary/aromatic N) is 2. The zero-order valence-corrected chi connectivity index (χ0v) is 8.57. The van der Waals surface area contributed by atoms with Gasteiger partial charge in [-0.3, -0.25) is 9.13 Å². The lowest BCUT2D eigenvalue weighted by atomic mass is 10.5. The molecule has 1 aromatic heterocycles. The van der Waals surface area contributed by atoms with Gasteiger partial charge in [0, 0.05) is 38.6 Å². The van der Waals surface area contributed by atoms with Crippen molar-refractivity contribution in [3.63, 3.8) is 0 Å². The SMILES string of the molecule is C=CCNCCn1ccn(CC)c1=O. The van der Waals surface area contributed by atoms with Gasteiger partial charge in [-0.05, 0) is 6.92 Å². The monoisotopic (exact) mass is 195 g/mol. The Hall–Kier alpha value is -1.29. The zero-order valence-electron chi connectivity index (χ0n) is 8.57. The lowest BCUT2D eigenvalue weighted by molar-refractivity contribution is 0.589. The fourth-order valence-corrected chi connectivity index (χ4v) is 1.27. The maximum absolute atomic E-state index is 11.5. The van der Waals surface area contributed by atoms with Crippen molar-refractivity contribution in [2.45, 2.75) is 20.0 Å². The Morgan fingerprint density at radius 3 is 2.79 bits per heavy atom. The van der Waals surface area contributed by atoms with Crippen LogP contribution in [0.15, 0.2) is 29.8 Å². The van der Waals surface area contributed by atoms with Crippen LogP contribution >= 0.6 is 0 Å². The van der Waals surface area contributed by atoms with Crippen molar-refractivity contribution in [3.05, 3.63) is 35.5 Å². The number of hydrogen-bond donors (Lipinski definition) is 1. The van der Waals surface area contributed by atoms with Crippen LogP contribution in [0.3, 0.4) is 0 Å². The molecule has 78 valence electrons. The smallest absolute Gasteiger partial charge is 0.312 e. The molecule has 0 aromatic carbocycles. The summed E-state index contributed by atoms with van der Waals surface area (Å²) in [4.78, 5) is 11.5. The van der Waals surface area contributed by atoms with Crippen LogP contribution in [-0.2, 0) is 13.1 Å². The fraction of sp³-hybridized carbons (Fsp3) is 0.500. The molecule has 0 saturated carbocycles. The van der Waals surface area contributed by atoms with Crippen molar-refractivity contribution in [3.8, 4) is 0 Å². The maximum atomic E-state index is 11.5. The molecule has 0 unspecified atom stereocenters. The summed E-state index contributed by atoms with van der Waals surface area (Å²) in [5.74, 6) is 0. The number of rotatable bonds is 6. The standard InChI is InChI=1S/C10H17N3O/c1-3-5-11-6-7-13-9-8-12(4-2)10(13)14/h3,8-9,11H,1,4-7H2,2H3. The van der Waals surface area contributed by atoms with Gasteiger partial charge in [0.2, 0.25) is 0 Å². The normalized spacial score (nSPS) is 10.4. The van der Waals surface area contributed by atoms with Crippen LogP contribution in [0, 0.1) is 0 Å². The molecule has 0 fully saturated rings. The highest BCUT2D eigenvalue weighted by atomic mass is 16.1. The summed E-state index contributed by atoms with van der Waals surface area (Å²) in [6.45, 7) is 8.57. The van der Waals surface area contributed by atoms with E-state index in [1.54, 1.807) is 15.2 Å². The molecule has 0 atom stereocenters. The molecule has 0 saturated heterocycles. The van der Waals surface area contributed by atoms with Gasteiger partial charge in [-0.1, -0.05) is 6.08 Å². The third-order valence-electron chi connectivity index (χ3n) is 2.08. The van der Waals surface area contributed by atoms with Gasteiger partial charge in [0.15, 0.2) is 0 Å². The van der Waals surface area contributed by atoms with E-state index in [0.29, 0.717) is 6.54 Å². The Kier molecular flexibility index (Phi) is 4.19. The summed E-state index contributed by atoms with van der Waals surface area (Å²) in [7, 11) is 0. The van der Waals surface area contributed by atoms with Crippen LogP contribution in [0.2, 0.25) is 0 Å². The van der Waals surface area contributed by atoms with Crippen molar-refractivity contribution in [1.82, 2.24) is 14.5 Å². The summed E-state index contributed by atoms with van der Waals surface area (Å²) in [5.41, 5.74) is 0.0629. The second-order valence-electron chi connectivity index (χ2n) is 3.05. The minimum atomic E-state index is 0.0629. The molecule has 0 aliphatic rings. The van der Waals surface area contributed by atoms with Crippen LogP contribution in [-0.4, -0.2) is 22.2 Å². The minimum Gasteiger partial charge on any atom is -0.312 e. The van der Waals surface area contributed by atoms with Gasteiger partial charge in [0.1, 0.15) is 0 Å². The molecule has 1 N–H and O–H groups in total. The van der Waals surface area contributed by atoms with E-state index in [2.05, 4.69) is 11.9 Å². The molecule has 1 aromatic rings. The zero-order chi connectivity index (χ0) is 10.4. The predicted molar refractivity (Wildman–Crippen MR) is 57.4 cm³/mol. The number of imidazole rings is 1. The van der Waals surface area contributed by atoms with Crippen molar-refractivity contribution in [2.24, 2.45) is 0 Å². The molecule has 1 rings (SSSR count). The second-order valence-corrected chi connectivity index (χ2v) is 3.05. The first-order chi connectivity index (χ1) is 6.79. The Bertz CT molecular complexity index is 337. The van der Waals surface area contributed by atoms with Crippen molar-refractivity contribution >= 4 is 0 Å². The van der Waals surface area contributed by atoms with Gasteiger partial charge >= 0.3 is 5.69 Å². The molecule has 0 bridgehead atoms. The summed E-state index contributed by atoms with van der Waals surface area (Å²) in [6.07, 6.45) is 5.44. The molecule has 0 radical (unpaired) electrons. The van der Waals surface area contributed by atoms with E-state index in [1.807, 2.05) is 19.3 Å². The molecule has 4 nitrogen and oxygen atoms in total. The van der Waals surface area contributed by atoms with Gasteiger partial charge in [-0.25, -0.2) is 4.79 Å². The predicted octanol–water partition coefficient (Wildman–Crippen LogP) is 0.445. The van der Waals surface area contributed by atoms with Crippen LogP contribution in [0.1, 0.15) is 6.92 Å². The maximum Gasteiger partial charge on any atom is 0.328 e. The van der Waals surface area contributed by atoms with Crippen molar-refractivity contribution in [2.75, 3.05) is 13.1 Å². The van der Waals surface area contributed by atoms with Gasteiger partial charge in [-0.2, -0.15) is 0 Å². The lowest BCUT2D eigenvalue weighted by Crippen LogP contribution is -2.28. The molecular formula is C10H17N3O. The first-order valence-electron chi connectivity index (χ1n) is 4.86. The Morgan fingerprint density at radius 2 is 2.21 bits per heavy atom. The van der Waals surface area contributed by atoms with E-state index >= 15 is 0 Å². The van der Waals surface area contributed by atoms with Gasteiger partial charge < -0.3 is 5.32 Å². The third kappa shape index (κ3) is 2.60. The number of aromatic nitrogens is 2. The van der Waals surface area contributed by atoms with Gasteiger partial charge in [0.25, 0.3) is 0 Å². The Labute approximate surface area is 83.9 Å². The second kappa shape index (κ2) is 5.44. The number of nitrogens with one attached hydrogen (secondary N) is 1. The van der Waals surface area contributed by atoms with Gasteiger partial charge in [-0.15, -0.1) is 6.58 Å². The quantitative estimate of drug-likeness (QED) is 0.528. The minimum absolute atomic E-state index is 0.0629. The average Bonchev–Trinajstić information content (AvgIpc) is 2.55. The third-order valence-corrected chi connectivity index (χ3v) is 2.08. The lowest BCUT2D eigenvalue weighted by Gasteiger charge is -2.01. The highest BCUT2D eigenvalue weighted by Crippen LogP contribution is 1.84. The molecular weight excluding hydrogens is 178 g/mol. The van der Waals surface area contributed by atoms with E-state index in [4.69, 9.17) is 0 Å². The molecule has 4 heteroatoms. The van der Waals surface area contributed by atoms with Crippen molar-refractivity contribution in [1.29, 1.82) is 0 Å². The molecule has 0 aliphatic carbocycles. The number of hydrogen-bond acceptors (Lipinski definition) is 2. The first-order valence-corrected chi connectivity index (χ1v) is 4.86. The summed E-state index contributed by atoms with van der Waals surface area (Å²) in [6, 6.07) is 0. The summed E-state index contributed by atoms with van der Waals surface area (Å²) < 4.78 is 3.40. The number of aryl methyl sites for hydroxylation is 1. The van der Waals surface area contributed by atoms with Crippen LogP contribution in [0.25, 0.3) is 0 Å². The van der Waals surface area contributed by atoms with Crippen LogP contribution in [0.4, 0.5) is 0 Å². The molecule has 14 heavy (non-hydrogen) atoms. The van der Waals surface area contributed by atoms with E-state index in [0.717, 1.165) is 19.6 Å². The Morgan fingerprint density at radius 1 is 1.50 bits per heavy atom. The van der Waals surface area contributed by atoms with E-state index in [1.165, 1.54) is 0 Å². The molecule has 1 heterocycles. The van der Waals surface area contributed by atoms with Crippen LogP contribution in [0.5, 0.6) is 0 Å². The van der Waals surface area contributed by atoms with Gasteiger partial charge in [0.05, 0.1) is 0 Å². The van der Waals surface area contributed by atoms with E-state index in [9.17, 15) is 4.79 Å². The summed E-state index contributed by atoms with van der Waals surface area (Å²) in [5, 5.41) is 3.15. The Balaban J connectivity index is 2.47. The summed E-state index contributed by atoms with van der Waals surface area (Å²) >= 11 is 0. The van der Waals surface area contributed by atoms with Crippen LogP contribution < -0.4 is 11.0 Å². The molecule has 0 aliphatic heterocycles. The van der Waals surface area contributed by atoms with E-state index < -0.39 is 0 Å². The largest absolute Gasteiger partial charge is 0.328 e. The average molecular weight is 195 g/mol. The van der Waals surface area contributed by atoms with Crippen molar-refractivity contribution < 1.29 is 0 Å². The fourth-order valence-electron chi connectivity index (χ4n) is 1.27. The highest BCUT2D eigenvalue weighted by molar-refractivity contribution is 4.81. The topological polar surface area (TPSA) is 39.0 Å². The molecule has 0 spiro atoms. The van der Waals surface area contributed by atoms with E-state index in [-0.39, 0.29) is 5.69 Å².